The molecule has 5 nitrogen and oxygen atoms in total. The van der Waals surface area contributed by atoms with Gasteiger partial charge in [-0.2, -0.15) is 5.10 Å². The van der Waals surface area contributed by atoms with Crippen molar-refractivity contribution in [3.63, 3.8) is 0 Å². The van der Waals surface area contributed by atoms with E-state index in [9.17, 15) is 9.90 Å². The van der Waals surface area contributed by atoms with Gasteiger partial charge in [-0.1, -0.05) is 71.7 Å². The molecule has 0 saturated carbocycles. The lowest BCUT2D eigenvalue weighted by atomic mass is 10.2. The van der Waals surface area contributed by atoms with Gasteiger partial charge in [0.15, 0.2) is 5.75 Å². The van der Waals surface area contributed by atoms with Gasteiger partial charge in [0.05, 0.1) is 16.3 Å². The monoisotopic (exact) mass is 437 g/mol. The maximum absolute atomic E-state index is 12.3. The van der Waals surface area contributed by atoms with Gasteiger partial charge in [-0.25, -0.2) is 5.43 Å². The van der Waals surface area contributed by atoms with Crippen molar-refractivity contribution in [2.45, 2.75) is 6.54 Å². The molecule has 4 rings (SSSR count). The van der Waals surface area contributed by atoms with Crippen molar-refractivity contribution in [2.24, 2.45) is 5.10 Å². The van der Waals surface area contributed by atoms with Crippen LogP contribution in [0.1, 0.15) is 21.5 Å². The van der Waals surface area contributed by atoms with Crippen LogP contribution in [0.4, 0.5) is 0 Å². The standard InChI is InChI=1S/C23H17Cl2N3O2/c24-19-10-16(11-20(25)22(19)29)23(30)27-26-12-17-14-28(13-15-6-2-1-3-7-15)21-9-5-4-8-18(17)21/h1-12,14,29H,13H2,(H,27,30). The summed E-state index contributed by atoms with van der Waals surface area (Å²) in [5.74, 6) is -0.743. The Kier molecular flexibility index (Phi) is 5.74. The summed E-state index contributed by atoms with van der Waals surface area (Å²) in [7, 11) is 0. The van der Waals surface area contributed by atoms with Crippen molar-refractivity contribution in [3.05, 3.63) is 99.7 Å². The lowest BCUT2D eigenvalue weighted by molar-refractivity contribution is 0.0955. The Hall–Kier alpha value is -3.28. The number of aromatic hydroxyl groups is 1. The van der Waals surface area contributed by atoms with Gasteiger partial charge in [0.1, 0.15) is 0 Å². The molecule has 0 saturated heterocycles. The number of hydrogen-bond donors (Lipinski definition) is 2. The predicted molar refractivity (Wildman–Crippen MR) is 121 cm³/mol. The highest BCUT2D eigenvalue weighted by Gasteiger charge is 2.12. The number of nitrogens with zero attached hydrogens (tertiary/aromatic N) is 2. The zero-order chi connectivity index (χ0) is 21.1. The molecule has 3 aromatic carbocycles. The third kappa shape index (κ3) is 4.17. The Morgan fingerprint density at radius 3 is 2.43 bits per heavy atom. The molecule has 0 aliphatic carbocycles. The van der Waals surface area contributed by atoms with Crippen molar-refractivity contribution in [3.8, 4) is 5.75 Å². The average Bonchev–Trinajstić information content (AvgIpc) is 3.10. The molecule has 1 aromatic heterocycles. The predicted octanol–water partition coefficient (Wildman–Crippen LogP) is 5.47. The molecule has 0 aliphatic rings. The largest absolute Gasteiger partial charge is 0.505 e. The minimum atomic E-state index is -0.483. The SMILES string of the molecule is O=C(NN=Cc1cn(Cc2ccccc2)c2ccccc12)c1cc(Cl)c(O)c(Cl)c1. The van der Waals surface area contributed by atoms with Crippen LogP contribution in [0.5, 0.6) is 5.75 Å². The fourth-order valence-corrected chi connectivity index (χ4v) is 3.70. The van der Waals surface area contributed by atoms with Gasteiger partial charge in [-0.3, -0.25) is 4.79 Å². The number of amides is 1. The number of halogens is 2. The van der Waals surface area contributed by atoms with E-state index in [4.69, 9.17) is 23.2 Å². The highest BCUT2D eigenvalue weighted by atomic mass is 35.5. The second-order valence-corrected chi connectivity index (χ2v) is 7.52. The van der Waals surface area contributed by atoms with Crippen LogP contribution >= 0.6 is 23.2 Å². The zero-order valence-electron chi connectivity index (χ0n) is 15.7. The van der Waals surface area contributed by atoms with E-state index in [1.54, 1.807) is 6.21 Å². The van der Waals surface area contributed by atoms with E-state index in [-0.39, 0.29) is 21.4 Å². The first-order valence-electron chi connectivity index (χ1n) is 9.16. The van der Waals surface area contributed by atoms with Crippen molar-refractivity contribution in [2.75, 3.05) is 0 Å². The van der Waals surface area contributed by atoms with Crippen molar-refractivity contribution >= 4 is 46.2 Å². The Balaban J connectivity index is 1.56. The van der Waals surface area contributed by atoms with Gasteiger partial charge in [0, 0.05) is 34.8 Å². The molecule has 0 atom stereocenters. The number of para-hydroxylation sites is 1. The van der Waals surface area contributed by atoms with Crippen LogP contribution in [0.2, 0.25) is 10.0 Å². The third-order valence-corrected chi connectivity index (χ3v) is 5.24. The number of aromatic nitrogens is 1. The van der Waals surface area contributed by atoms with E-state index in [2.05, 4.69) is 33.3 Å². The van der Waals surface area contributed by atoms with Gasteiger partial charge in [0.2, 0.25) is 0 Å². The van der Waals surface area contributed by atoms with Gasteiger partial charge < -0.3 is 9.67 Å². The fourth-order valence-electron chi connectivity index (χ4n) is 3.21. The molecule has 0 radical (unpaired) electrons. The molecule has 0 bridgehead atoms. The normalized spacial score (nSPS) is 11.3. The number of carbonyl (C=O) groups excluding carboxylic acids is 1. The van der Waals surface area contributed by atoms with Crippen molar-refractivity contribution in [1.29, 1.82) is 0 Å². The third-order valence-electron chi connectivity index (χ3n) is 4.66. The van der Waals surface area contributed by atoms with Crippen molar-refractivity contribution in [1.82, 2.24) is 9.99 Å². The van der Waals surface area contributed by atoms with Crippen LogP contribution in [0.25, 0.3) is 10.9 Å². The van der Waals surface area contributed by atoms with Gasteiger partial charge >= 0.3 is 0 Å². The first-order valence-corrected chi connectivity index (χ1v) is 9.92. The summed E-state index contributed by atoms with van der Waals surface area (Å²) >= 11 is 11.7. The molecule has 0 unspecified atom stereocenters. The second kappa shape index (κ2) is 8.61. The number of hydrogen-bond acceptors (Lipinski definition) is 3. The first kappa shape index (κ1) is 20.0. The van der Waals surface area contributed by atoms with Gasteiger partial charge in [0.25, 0.3) is 5.91 Å². The summed E-state index contributed by atoms with van der Waals surface area (Å²) in [6.07, 6.45) is 3.60. The summed E-state index contributed by atoms with van der Waals surface area (Å²) in [4.78, 5) is 12.3. The second-order valence-electron chi connectivity index (χ2n) is 6.70. The highest BCUT2D eigenvalue weighted by Crippen LogP contribution is 2.32. The molecule has 4 aromatic rings. The molecule has 0 fully saturated rings. The summed E-state index contributed by atoms with van der Waals surface area (Å²) in [6.45, 7) is 0.728. The quantitative estimate of drug-likeness (QED) is 0.321. The number of hydrazone groups is 1. The van der Waals surface area contributed by atoms with Crippen LogP contribution < -0.4 is 5.43 Å². The lowest BCUT2D eigenvalue weighted by Crippen LogP contribution is -2.17. The number of benzene rings is 3. The average molecular weight is 438 g/mol. The topological polar surface area (TPSA) is 66.6 Å². The molecule has 0 spiro atoms. The van der Waals surface area contributed by atoms with E-state index >= 15 is 0 Å². The molecule has 1 amide bonds. The number of fused-ring (bicyclic) bond motifs is 1. The number of carbonyl (C=O) groups is 1. The van der Waals surface area contributed by atoms with Crippen LogP contribution in [0.15, 0.2) is 78.0 Å². The summed E-state index contributed by atoms with van der Waals surface area (Å²) < 4.78 is 2.15. The number of nitrogens with one attached hydrogen (secondary N) is 1. The molecular formula is C23H17Cl2N3O2. The molecule has 1 heterocycles. The van der Waals surface area contributed by atoms with Crippen LogP contribution in [-0.2, 0) is 6.54 Å². The molecule has 30 heavy (non-hydrogen) atoms. The van der Waals surface area contributed by atoms with E-state index in [1.807, 2.05) is 42.6 Å². The molecule has 150 valence electrons. The van der Waals surface area contributed by atoms with E-state index in [1.165, 1.54) is 17.7 Å². The minimum Gasteiger partial charge on any atom is -0.505 e. The number of rotatable bonds is 5. The minimum absolute atomic E-state index is 0.000567. The van der Waals surface area contributed by atoms with Crippen LogP contribution in [0, 0.1) is 0 Å². The summed E-state index contributed by atoms with van der Waals surface area (Å²) in [5.41, 5.74) is 5.81. The zero-order valence-corrected chi connectivity index (χ0v) is 17.2. The van der Waals surface area contributed by atoms with E-state index < -0.39 is 5.91 Å². The summed E-state index contributed by atoms with van der Waals surface area (Å²) in [5, 5.41) is 14.7. The highest BCUT2D eigenvalue weighted by molar-refractivity contribution is 6.37. The van der Waals surface area contributed by atoms with Gasteiger partial charge in [-0.15, -0.1) is 0 Å². The molecule has 2 N–H and O–H groups in total. The Labute approximate surface area is 183 Å². The van der Waals surface area contributed by atoms with Crippen molar-refractivity contribution < 1.29 is 9.90 Å². The maximum Gasteiger partial charge on any atom is 0.271 e. The lowest BCUT2D eigenvalue weighted by Gasteiger charge is -2.05. The first-order chi connectivity index (χ1) is 14.5. The van der Waals surface area contributed by atoms with E-state index in [0.29, 0.717) is 0 Å². The summed E-state index contributed by atoms with van der Waals surface area (Å²) in [6, 6.07) is 20.9. The maximum atomic E-state index is 12.3. The Morgan fingerprint density at radius 1 is 1.03 bits per heavy atom. The molecule has 7 heteroatoms. The smallest absolute Gasteiger partial charge is 0.271 e. The number of phenolic OH excluding ortho intramolecular Hbond substituents is 1. The Morgan fingerprint density at radius 2 is 1.70 bits per heavy atom. The van der Waals surface area contributed by atoms with Gasteiger partial charge in [-0.05, 0) is 23.8 Å². The van der Waals surface area contributed by atoms with Crippen LogP contribution in [0.3, 0.4) is 0 Å². The molecule has 0 aliphatic heterocycles. The number of phenols is 1. The molecular weight excluding hydrogens is 421 g/mol. The fraction of sp³-hybridized carbons (Fsp3) is 0.0435. The Bertz CT molecular complexity index is 1230. The van der Waals surface area contributed by atoms with Crippen LogP contribution in [-0.4, -0.2) is 21.8 Å². The van der Waals surface area contributed by atoms with E-state index in [0.717, 1.165) is 23.0 Å².